The molecule has 0 bridgehead atoms. The quantitative estimate of drug-likeness (QED) is 0.499. The van der Waals surface area contributed by atoms with Gasteiger partial charge in [0.1, 0.15) is 23.2 Å². The van der Waals surface area contributed by atoms with E-state index < -0.39 is 37.0 Å². The van der Waals surface area contributed by atoms with Crippen molar-refractivity contribution in [2.75, 3.05) is 27.1 Å². The summed E-state index contributed by atoms with van der Waals surface area (Å²) in [7, 11) is -1.75. The maximum Gasteiger partial charge on any atom is 0.522 e. The number of aryl methyl sites for hydroxylation is 1. The zero-order valence-electron chi connectivity index (χ0n) is 17.7. The van der Waals surface area contributed by atoms with Crippen LogP contribution in [0.4, 0.5) is 0 Å². The predicted molar refractivity (Wildman–Crippen MR) is 103 cm³/mol. The number of nitrogens with two attached hydrogens (primary N) is 1. The van der Waals surface area contributed by atoms with Crippen LogP contribution in [0.25, 0.3) is 0 Å². The third kappa shape index (κ3) is 4.46. The van der Waals surface area contributed by atoms with Crippen LogP contribution in [-0.2, 0) is 16.0 Å². The van der Waals surface area contributed by atoms with E-state index in [2.05, 4.69) is 0 Å². The zero-order valence-corrected chi connectivity index (χ0v) is 15.7. The number of likely N-dealkylation sites (N-methyl/N-ethyl adjacent to an activating group) is 1. The van der Waals surface area contributed by atoms with E-state index in [0.717, 1.165) is 0 Å². The molecule has 1 atom stereocenters. The van der Waals surface area contributed by atoms with Gasteiger partial charge in [-0.05, 0) is 38.4 Å². The lowest BCUT2D eigenvalue weighted by Gasteiger charge is -2.41. The van der Waals surface area contributed by atoms with Crippen molar-refractivity contribution in [1.29, 1.82) is 0 Å². The summed E-state index contributed by atoms with van der Waals surface area (Å²) >= 11 is 0. The average Bonchev–Trinajstić information content (AvgIpc) is 2.68. The van der Waals surface area contributed by atoms with Crippen LogP contribution >= 0.6 is 0 Å². The highest BCUT2D eigenvalue weighted by Gasteiger charge is 2.38. The van der Waals surface area contributed by atoms with Gasteiger partial charge in [0, 0.05) is 2.74 Å². The number of nitrogens with zero attached hydrogens (tertiary/aromatic N) is 2. The Balaban J connectivity index is 1.69. The van der Waals surface area contributed by atoms with Crippen molar-refractivity contribution in [1.82, 2.24) is 9.80 Å². The fourth-order valence-electron chi connectivity index (χ4n) is 3.36. The molecule has 0 radical (unpaired) electrons. The number of hydrogen-bond acceptors (Lipinski definition) is 7. The van der Waals surface area contributed by atoms with Crippen molar-refractivity contribution in [3.63, 3.8) is 0 Å². The molecule has 2 aliphatic rings. The van der Waals surface area contributed by atoms with Crippen LogP contribution in [0.3, 0.4) is 0 Å². The molecule has 10 nitrogen and oxygen atoms in total. The second-order valence-electron chi connectivity index (χ2n) is 7.10. The zero-order chi connectivity index (χ0) is 22.7. The standard InChI is InChI=1S/C18H24BN3O7/c1-21(2)12(7-14(20)23)17(24)22-8-11(9-22)28-13-4-3-10-5-6-19(27)29-16(10)15(13)18(25)26/h3-4,11-12,27H,5-9H2,1-2H3,(H2,20,23)(H,25,26)/t12-/m0/s1/i1D,2D. The molecule has 2 heterocycles. The lowest BCUT2D eigenvalue weighted by molar-refractivity contribution is -0.146. The van der Waals surface area contributed by atoms with Crippen molar-refractivity contribution in [3.05, 3.63) is 23.3 Å². The second-order valence-corrected chi connectivity index (χ2v) is 7.10. The Labute approximate surface area is 171 Å². The monoisotopic (exact) mass is 407 g/mol. The lowest BCUT2D eigenvalue weighted by Crippen LogP contribution is -2.60. The molecule has 3 rings (SSSR count). The van der Waals surface area contributed by atoms with E-state index in [-0.39, 0.29) is 50.6 Å². The fourth-order valence-corrected chi connectivity index (χ4v) is 3.36. The first-order valence-electron chi connectivity index (χ1n) is 10.5. The van der Waals surface area contributed by atoms with Crippen LogP contribution in [0.5, 0.6) is 11.5 Å². The minimum absolute atomic E-state index is 0.0741. The molecule has 0 saturated carbocycles. The smallest absolute Gasteiger partial charge is 0.522 e. The predicted octanol–water partition coefficient (Wildman–Crippen LogP) is -0.805. The number of benzene rings is 1. The summed E-state index contributed by atoms with van der Waals surface area (Å²) in [5, 5.41) is 19.4. The molecule has 1 saturated heterocycles. The Morgan fingerprint density at radius 1 is 1.45 bits per heavy atom. The number of aromatic carboxylic acids is 1. The number of rotatable bonds is 7. The number of fused-ring (bicyclic) bond motifs is 1. The van der Waals surface area contributed by atoms with Crippen LogP contribution < -0.4 is 15.1 Å². The van der Waals surface area contributed by atoms with E-state index in [0.29, 0.717) is 18.3 Å². The Morgan fingerprint density at radius 3 is 2.79 bits per heavy atom. The van der Waals surface area contributed by atoms with Crippen LogP contribution in [0.2, 0.25) is 6.32 Å². The summed E-state index contributed by atoms with van der Waals surface area (Å²) in [6, 6.07) is 2.22. The molecule has 1 fully saturated rings. The highest BCUT2D eigenvalue weighted by molar-refractivity contribution is 6.44. The number of carbonyl (C=O) groups is 3. The highest BCUT2D eigenvalue weighted by Crippen LogP contribution is 2.37. The summed E-state index contributed by atoms with van der Waals surface area (Å²) in [6.45, 7) is 0.301. The third-order valence-electron chi connectivity index (χ3n) is 4.90. The van der Waals surface area contributed by atoms with E-state index >= 15 is 0 Å². The number of carboxylic acids is 1. The van der Waals surface area contributed by atoms with Crippen molar-refractivity contribution in [2.45, 2.75) is 31.3 Å². The van der Waals surface area contributed by atoms with E-state index in [1.54, 1.807) is 6.07 Å². The number of amides is 2. The number of primary amides is 1. The van der Waals surface area contributed by atoms with Gasteiger partial charge in [0.05, 0.1) is 25.6 Å². The second kappa shape index (κ2) is 8.30. The van der Waals surface area contributed by atoms with Gasteiger partial charge in [-0.15, -0.1) is 0 Å². The average molecular weight is 407 g/mol. The Morgan fingerprint density at radius 2 is 2.17 bits per heavy atom. The van der Waals surface area contributed by atoms with E-state index in [1.165, 1.54) is 15.9 Å². The van der Waals surface area contributed by atoms with Gasteiger partial charge < -0.3 is 30.2 Å². The Kier molecular flexibility index (Phi) is 5.22. The van der Waals surface area contributed by atoms with Gasteiger partial charge in [-0.1, -0.05) is 6.07 Å². The summed E-state index contributed by atoms with van der Waals surface area (Å²) in [5.41, 5.74) is 5.70. The number of hydrogen-bond donors (Lipinski definition) is 3. The molecule has 1 aromatic carbocycles. The first-order valence-corrected chi connectivity index (χ1v) is 9.05. The third-order valence-corrected chi connectivity index (χ3v) is 4.90. The normalized spacial score (nSPS) is 18.1. The summed E-state index contributed by atoms with van der Waals surface area (Å²) in [4.78, 5) is 38.5. The van der Waals surface area contributed by atoms with Crippen molar-refractivity contribution < 1.29 is 36.6 Å². The molecule has 1 aromatic rings. The van der Waals surface area contributed by atoms with Crippen LogP contribution in [0.15, 0.2) is 12.1 Å². The summed E-state index contributed by atoms with van der Waals surface area (Å²) in [5.74, 6) is -2.24. The molecule has 11 heteroatoms. The number of carbonyl (C=O) groups excluding carboxylic acids is 2. The molecule has 2 amide bonds. The minimum Gasteiger partial charge on any atom is -0.535 e. The van der Waals surface area contributed by atoms with Gasteiger partial charge in [0.2, 0.25) is 11.8 Å². The molecule has 0 aromatic heterocycles. The highest BCUT2D eigenvalue weighted by atomic mass is 16.5. The molecule has 29 heavy (non-hydrogen) atoms. The lowest BCUT2D eigenvalue weighted by atomic mass is 9.78. The summed E-state index contributed by atoms with van der Waals surface area (Å²) in [6.07, 6.45) is 0.0634. The van der Waals surface area contributed by atoms with Gasteiger partial charge in [0.15, 0.2) is 0 Å². The first-order chi connectivity index (χ1) is 14.7. The SMILES string of the molecule is [2H]CN(C[2H])[C@@H](CC(N)=O)C(=O)N1CC(Oc2ccc3c(c2C(=O)O)OB(O)CC3)C1. The Hall–Kier alpha value is -2.79. The van der Waals surface area contributed by atoms with Gasteiger partial charge in [0.25, 0.3) is 0 Å². The van der Waals surface area contributed by atoms with Crippen LogP contribution in [-0.4, -0.2) is 84.1 Å². The minimum atomic E-state index is -1.25. The molecular weight excluding hydrogens is 381 g/mol. The maximum atomic E-state index is 12.7. The van der Waals surface area contributed by atoms with Gasteiger partial charge in [-0.2, -0.15) is 0 Å². The molecule has 0 aliphatic carbocycles. The van der Waals surface area contributed by atoms with Crippen LogP contribution in [0.1, 0.15) is 25.1 Å². The van der Waals surface area contributed by atoms with Crippen molar-refractivity contribution in [2.24, 2.45) is 5.73 Å². The fraction of sp³-hybridized carbons (Fsp3) is 0.500. The molecule has 0 spiro atoms. The molecule has 2 aliphatic heterocycles. The number of likely N-dealkylation sites (tertiary alicyclic amines) is 1. The largest absolute Gasteiger partial charge is 0.535 e. The van der Waals surface area contributed by atoms with E-state index in [1.807, 2.05) is 0 Å². The van der Waals surface area contributed by atoms with Crippen LogP contribution in [0, 0.1) is 0 Å². The first kappa shape index (κ1) is 18.3. The van der Waals surface area contributed by atoms with E-state index in [9.17, 15) is 24.5 Å². The number of carboxylic acid groups (broad SMARTS) is 1. The van der Waals surface area contributed by atoms with Crippen molar-refractivity contribution in [3.8, 4) is 11.5 Å². The Bertz CT molecular complexity index is 865. The van der Waals surface area contributed by atoms with Gasteiger partial charge >= 0.3 is 13.1 Å². The maximum absolute atomic E-state index is 12.7. The van der Waals surface area contributed by atoms with Gasteiger partial charge in [-0.3, -0.25) is 14.5 Å². The molecule has 4 N–H and O–H groups in total. The van der Waals surface area contributed by atoms with Crippen molar-refractivity contribution >= 4 is 24.9 Å². The number of ether oxygens (including phenoxy) is 1. The topological polar surface area (TPSA) is 143 Å². The molecular formula is C18H24BN3O7. The molecule has 156 valence electrons. The van der Waals surface area contributed by atoms with E-state index in [4.69, 9.17) is 17.9 Å². The van der Waals surface area contributed by atoms with Gasteiger partial charge in [-0.25, -0.2) is 4.79 Å². The molecule has 0 unspecified atom stereocenters. The summed E-state index contributed by atoms with van der Waals surface area (Å²) < 4.78 is 26.0.